The number of carbonyl (C=O) groups excluding carboxylic acids is 1. The molecule has 0 bridgehead atoms. The van der Waals surface area contributed by atoms with Crippen molar-refractivity contribution in [1.82, 2.24) is 9.97 Å². The highest BCUT2D eigenvalue weighted by atomic mass is 16.5. The van der Waals surface area contributed by atoms with E-state index in [-0.39, 0.29) is 17.5 Å². The predicted octanol–water partition coefficient (Wildman–Crippen LogP) is 6.79. The molecule has 1 saturated carbocycles. The second-order valence-corrected chi connectivity index (χ2v) is 8.34. The second-order valence-electron chi connectivity index (χ2n) is 8.34. The Morgan fingerprint density at radius 1 is 1.06 bits per heavy atom. The van der Waals surface area contributed by atoms with Gasteiger partial charge >= 0.3 is 0 Å². The minimum Gasteiger partial charge on any atom is -0.494 e. The van der Waals surface area contributed by atoms with Crippen molar-refractivity contribution in [3.05, 3.63) is 66.0 Å². The number of Topliss-reactive ketones (excluding diaryl/α,β-unsaturated/α-hetero) is 1. The zero-order valence-corrected chi connectivity index (χ0v) is 21.3. The Morgan fingerprint density at radius 2 is 1.83 bits per heavy atom. The summed E-state index contributed by atoms with van der Waals surface area (Å²) in [5.74, 6) is 1.89. The first kappa shape index (κ1) is 26.5. The molecule has 8 heteroatoms. The van der Waals surface area contributed by atoms with Crippen molar-refractivity contribution in [2.24, 2.45) is 10.9 Å². The lowest BCUT2D eigenvalue weighted by Gasteiger charge is -2.17. The summed E-state index contributed by atoms with van der Waals surface area (Å²) in [7, 11) is 1.55. The summed E-state index contributed by atoms with van der Waals surface area (Å²) in [5.41, 5.74) is 2.30. The van der Waals surface area contributed by atoms with Crippen LogP contribution >= 0.6 is 0 Å². The smallest absolute Gasteiger partial charge is 0.169 e. The largest absolute Gasteiger partial charge is 0.494 e. The first-order valence-electron chi connectivity index (χ1n) is 12.3. The van der Waals surface area contributed by atoms with E-state index in [2.05, 4.69) is 39.4 Å². The van der Waals surface area contributed by atoms with Crippen LogP contribution in [0, 0.1) is 11.3 Å². The highest BCUT2D eigenvalue weighted by Crippen LogP contribution is 2.38. The SMILES string of the molecule is CC=NC(=N)c1cccc(Nc2cc(Nc3ccccn3)ncc2C(=O)C2CC2)c1OC.CCCC. The lowest BCUT2D eigenvalue weighted by Crippen LogP contribution is -2.09. The van der Waals surface area contributed by atoms with Gasteiger partial charge in [0.25, 0.3) is 0 Å². The number of para-hydroxylation sites is 1. The average Bonchev–Trinajstić information content (AvgIpc) is 3.75. The quantitative estimate of drug-likeness (QED) is 0.174. The van der Waals surface area contributed by atoms with Crippen LogP contribution in [0.2, 0.25) is 0 Å². The number of carbonyl (C=O) groups is 1. The molecule has 0 amide bonds. The van der Waals surface area contributed by atoms with E-state index in [0.717, 1.165) is 12.8 Å². The van der Waals surface area contributed by atoms with E-state index in [1.807, 2.05) is 30.3 Å². The molecule has 188 valence electrons. The molecule has 3 aromatic rings. The number of aliphatic imine (C=N–C) groups is 1. The number of amidine groups is 1. The maximum atomic E-state index is 12.9. The second kappa shape index (κ2) is 13.1. The topological polar surface area (TPSA) is 112 Å². The molecule has 4 rings (SSSR count). The monoisotopic (exact) mass is 486 g/mol. The molecule has 2 aromatic heterocycles. The van der Waals surface area contributed by atoms with E-state index in [4.69, 9.17) is 10.1 Å². The number of nitrogens with one attached hydrogen (secondary N) is 3. The molecule has 0 unspecified atom stereocenters. The first-order valence-corrected chi connectivity index (χ1v) is 12.3. The van der Waals surface area contributed by atoms with Gasteiger partial charge in [0, 0.05) is 30.6 Å². The summed E-state index contributed by atoms with van der Waals surface area (Å²) in [4.78, 5) is 25.7. The van der Waals surface area contributed by atoms with Crippen molar-refractivity contribution < 1.29 is 9.53 Å². The van der Waals surface area contributed by atoms with Crippen molar-refractivity contribution in [2.45, 2.75) is 46.5 Å². The predicted molar refractivity (Wildman–Crippen MR) is 147 cm³/mol. The number of unbranched alkanes of at least 4 members (excludes halogenated alkanes) is 1. The third-order valence-corrected chi connectivity index (χ3v) is 5.54. The molecule has 0 aliphatic heterocycles. The molecular formula is C28H34N6O2. The van der Waals surface area contributed by atoms with Gasteiger partial charge in [-0.15, -0.1) is 0 Å². The van der Waals surface area contributed by atoms with Crippen LogP contribution < -0.4 is 15.4 Å². The highest BCUT2D eigenvalue weighted by Gasteiger charge is 2.32. The molecule has 2 heterocycles. The maximum Gasteiger partial charge on any atom is 0.169 e. The third-order valence-electron chi connectivity index (χ3n) is 5.54. The zero-order valence-electron chi connectivity index (χ0n) is 21.3. The Bertz CT molecular complexity index is 1200. The molecule has 3 N–H and O–H groups in total. The van der Waals surface area contributed by atoms with Gasteiger partial charge in [0.05, 0.1) is 29.6 Å². The van der Waals surface area contributed by atoms with E-state index < -0.39 is 0 Å². The number of methoxy groups -OCH3 is 1. The summed E-state index contributed by atoms with van der Waals surface area (Å²) in [6.07, 6.45) is 9.28. The number of hydrogen-bond acceptors (Lipinski definition) is 7. The summed E-state index contributed by atoms with van der Waals surface area (Å²) in [5, 5.41) is 14.7. The molecule has 1 aliphatic rings. The van der Waals surface area contributed by atoms with Crippen LogP contribution in [0.25, 0.3) is 0 Å². The van der Waals surface area contributed by atoms with Gasteiger partial charge in [-0.1, -0.05) is 38.8 Å². The summed E-state index contributed by atoms with van der Waals surface area (Å²) < 4.78 is 5.60. The minimum absolute atomic E-state index is 0.0484. The van der Waals surface area contributed by atoms with Gasteiger partial charge in [-0.3, -0.25) is 10.2 Å². The van der Waals surface area contributed by atoms with E-state index in [9.17, 15) is 4.79 Å². The van der Waals surface area contributed by atoms with Gasteiger partial charge in [0.2, 0.25) is 0 Å². The van der Waals surface area contributed by atoms with Crippen LogP contribution in [0.1, 0.15) is 62.4 Å². The lowest BCUT2D eigenvalue weighted by molar-refractivity contribution is 0.0968. The normalized spacial score (nSPS) is 12.4. The Hall–Kier alpha value is -4.07. The summed E-state index contributed by atoms with van der Waals surface area (Å²) in [6.45, 7) is 6.12. The van der Waals surface area contributed by atoms with E-state index in [1.165, 1.54) is 12.8 Å². The standard InChI is InChI=1S/C24H24N6O2.C4H10/c1-3-26-24(25)16-7-6-8-18(23(16)32-2)29-19-13-21(30-20-9-4-5-12-27-20)28-14-17(19)22(31)15-10-11-15;1-3-4-2/h3-9,12-15,25H,10-11H2,1-2H3,(H2,27,28,29,30);3-4H2,1-2H3. The van der Waals surface area contributed by atoms with Crippen molar-refractivity contribution in [1.29, 1.82) is 5.41 Å². The number of rotatable bonds is 9. The fourth-order valence-corrected chi connectivity index (χ4v) is 3.34. The molecule has 8 nitrogen and oxygen atoms in total. The fraction of sp³-hybridized carbons (Fsp3) is 0.321. The Kier molecular flexibility index (Phi) is 9.68. The van der Waals surface area contributed by atoms with E-state index in [1.54, 1.807) is 44.8 Å². The number of ether oxygens (including phenoxy) is 1. The van der Waals surface area contributed by atoms with Crippen LogP contribution in [0.15, 0.2) is 59.9 Å². The van der Waals surface area contributed by atoms with Crippen LogP contribution in [0.4, 0.5) is 23.0 Å². The van der Waals surface area contributed by atoms with Crippen LogP contribution in [-0.2, 0) is 0 Å². The molecule has 0 saturated heterocycles. The van der Waals surface area contributed by atoms with E-state index >= 15 is 0 Å². The molecular weight excluding hydrogens is 452 g/mol. The number of hydrogen-bond donors (Lipinski definition) is 3. The van der Waals surface area contributed by atoms with Crippen molar-refractivity contribution in [2.75, 3.05) is 17.7 Å². The number of ketones is 1. The number of anilines is 4. The number of pyridine rings is 2. The highest BCUT2D eigenvalue weighted by molar-refractivity contribution is 6.06. The average molecular weight is 487 g/mol. The Labute approximate surface area is 212 Å². The fourth-order valence-electron chi connectivity index (χ4n) is 3.34. The Morgan fingerprint density at radius 3 is 2.44 bits per heavy atom. The number of nitrogens with zero attached hydrogens (tertiary/aromatic N) is 3. The Balaban J connectivity index is 0.000000840. The molecule has 0 radical (unpaired) electrons. The van der Waals surface area contributed by atoms with Gasteiger partial charge < -0.3 is 15.4 Å². The van der Waals surface area contributed by atoms with Gasteiger partial charge in [0.1, 0.15) is 11.6 Å². The maximum absolute atomic E-state index is 12.9. The molecule has 1 fully saturated rings. The van der Waals surface area contributed by atoms with Gasteiger partial charge in [-0.2, -0.15) is 0 Å². The van der Waals surface area contributed by atoms with Gasteiger partial charge in [-0.25, -0.2) is 15.0 Å². The van der Waals surface area contributed by atoms with Crippen molar-refractivity contribution in [3.8, 4) is 5.75 Å². The molecule has 36 heavy (non-hydrogen) atoms. The van der Waals surface area contributed by atoms with Crippen LogP contribution in [-0.4, -0.2) is 34.9 Å². The molecule has 1 aromatic carbocycles. The molecule has 0 spiro atoms. The lowest BCUT2D eigenvalue weighted by atomic mass is 10.1. The number of aromatic nitrogens is 2. The van der Waals surface area contributed by atoms with Gasteiger partial charge in [0.15, 0.2) is 17.4 Å². The van der Waals surface area contributed by atoms with Crippen LogP contribution in [0.3, 0.4) is 0 Å². The zero-order chi connectivity index (χ0) is 25.9. The van der Waals surface area contributed by atoms with Crippen LogP contribution in [0.5, 0.6) is 5.75 Å². The molecule has 1 aliphatic carbocycles. The minimum atomic E-state index is 0.0484. The molecule has 0 atom stereocenters. The van der Waals surface area contributed by atoms with E-state index in [0.29, 0.717) is 39.9 Å². The first-order chi connectivity index (χ1) is 17.5. The third kappa shape index (κ3) is 6.97. The van der Waals surface area contributed by atoms with Crippen molar-refractivity contribution >= 4 is 40.8 Å². The summed E-state index contributed by atoms with van der Waals surface area (Å²) in [6, 6.07) is 12.8. The van der Waals surface area contributed by atoms with Gasteiger partial charge in [-0.05, 0) is 44.0 Å². The van der Waals surface area contributed by atoms with Crippen molar-refractivity contribution in [3.63, 3.8) is 0 Å². The number of benzene rings is 1. The summed E-state index contributed by atoms with van der Waals surface area (Å²) >= 11 is 0.